The van der Waals surface area contributed by atoms with Gasteiger partial charge in [0.1, 0.15) is 5.82 Å². The van der Waals surface area contributed by atoms with Gasteiger partial charge in [-0.2, -0.15) is 0 Å². The van der Waals surface area contributed by atoms with Gasteiger partial charge in [-0.25, -0.2) is 17.7 Å². The summed E-state index contributed by atoms with van der Waals surface area (Å²) in [5.74, 6) is 1.48. The second kappa shape index (κ2) is 8.14. The summed E-state index contributed by atoms with van der Waals surface area (Å²) in [4.78, 5) is 6.98. The van der Waals surface area contributed by atoms with Crippen molar-refractivity contribution in [2.24, 2.45) is 13.0 Å². The summed E-state index contributed by atoms with van der Waals surface area (Å²) in [7, 11) is -1.05. The molecule has 2 atom stereocenters. The van der Waals surface area contributed by atoms with Gasteiger partial charge in [0.25, 0.3) is 0 Å². The molecule has 3 rings (SSSR count). The van der Waals surface area contributed by atoms with Gasteiger partial charge in [-0.15, -0.1) is 12.4 Å². The van der Waals surface area contributed by atoms with Gasteiger partial charge in [0.2, 0.25) is 10.0 Å². The van der Waals surface area contributed by atoms with E-state index in [0.29, 0.717) is 19.0 Å². The first-order valence-electron chi connectivity index (χ1n) is 8.32. The number of piperidine rings is 1. The molecule has 2 saturated heterocycles. The number of imidazole rings is 1. The Bertz CT molecular complexity index is 636. The summed E-state index contributed by atoms with van der Waals surface area (Å²) >= 11 is 0. The minimum absolute atomic E-state index is 0. The van der Waals surface area contributed by atoms with Crippen molar-refractivity contribution in [1.82, 2.24) is 24.1 Å². The molecule has 1 aromatic heterocycles. The Balaban J connectivity index is 0.00000208. The number of hydrogen-bond donors (Lipinski definition) is 1. The van der Waals surface area contributed by atoms with E-state index in [-0.39, 0.29) is 18.4 Å². The summed E-state index contributed by atoms with van der Waals surface area (Å²) in [5, 5.41) is 3.45. The molecule has 2 fully saturated rings. The van der Waals surface area contributed by atoms with Crippen LogP contribution in [0.3, 0.4) is 0 Å². The lowest BCUT2D eigenvalue weighted by Crippen LogP contribution is -2.50. The van der Waals surface area contributed by atoms with Crippen LogP contribution in [0.1, 0.15) is 24.7 Å². The fourth-order valence-corrected chi connectivity index (χ4v) is 4.67. The first kappa shape index (κ1) is 19.7. The zero-order chi connectivity index (χ0) is 16.4. The Morgan fingerprint density at radius 1 is 1.38 bits per heavy atom. The maximum Gasteiger partial charge on any atom is 0.211 e. The fraction of sp³-hybridized carbons (Fsp3) is 0.800. The fourth-order valence-electron chi connectivity index (χ4n) is 3.73. The van der Waals surface area contributed by atoms with Crippen LogP contribution in [-0.2, 0) is 17.1 Å². The topological polar surface area (TPSA) is 70.5 Å². The normalized spacial score (nSPS) is 26.9. The lowest BCUT2D eigenvalue weighted by atomic mass is 9.97. The van der Waals surface area contributed by atoms with Gasteiger partial charge in [-0.05, 0) is 18.8 Å². The minimum atomic E-state index is -3.08. The van der Waals surface area contributed by atoms with E-state index in [1.807, 2.05) is 19.4 Å². The number of aryl methyl sites for hydroxylation is 1. The second-order valence-electron chi connectivity index (χ2n) is 6.74. The standard InChI is InChI=1S/C15H27N5O2S.ClH/c1-18-8-6-17-15(18)14-10-16-5-9-19(14)11-13-4-3-7-20(12-13)23(2,21)22;/h6,8,13-14,16H,3-5,7,9-12H2,1-2H3;1H. The van der Waals surface area contributed by atoms with Gasteiger partial charge in [0.05, 0.1) is 12.3 Å². The van der Waals surface area contributed by atoms with Crippen molar-refractivity contribution < 1.29 is 8.42 Å². The largest absolute Gasteiger partial charge is 0.337 e. The molecule has 0 amide bonds. The zero-order valence-electron chi connectivity index (χ0n) is 14.4. The number of sulfonamides is 1. The molecule has 138 valence electrons. The van der Waals surface area contributed by atoms with Gasteiger partial charge in [-0.1, -0.05) is 0 Å². The molecular weight excluding hydrogens is 350 g/mol. The van der Waals surface area contributed by atoms with Crippen LogP contribution in [-0.4, -0.2) is 72.7 Å². The highest BCUT2D eigenvalue weighted by Crippen LogP contribution is 2.25. The van der Waals surface area contributed by atoms with Crippen LogP contribution < -0.4 is 5.32 Å². The second-order valence-corrected chi connectivity index (χ2v) is 8.72. The van der Waals surface area contributed by atoms with E-state index in [9.17, 15) is 8.42 Å². The summed E-state index contributed by atoms with van der Waals surface area (Å²) in [5.41, 5.74) is 0. The first-order valence-corrected chi connectivity index (χ1v) is 10.2. The van der Waals surface area contributed by atoms with E-state index in [1.54, 1.807) is 4.31 Å². The summed E-state index contributed by atoms with van der Waals surface area (Å²) in [6.45, 7) is 5.10. The smallest absolute Gasteiger partial charge is 0.211 e. The molecule has 0 spiro atoms. The molecule has 2 aliphatic rings. The number of nitrogens with zero attached hydrogens (tertiary/aromatic N) is 4. The lowest BCUT2D eigenvalue weighted by Gasteiger charge is -2.40. The van der Waals surface area contributed by atoms with Crippen molar-refractivity contribution >= 4 is 22.4 Å². The van der Waals surface area contributed by atoms with Gasteiger partial charge in [-0.3, -0.25) is 4.90 Å². The third kappa shape index (κ3) is 4.49. The third-order valence-corrected chi connectivity index (χ3v) is 6.22. The van der Waals surface area contributed by atoms with E-state index in [1.165, 1.54) is 6.26 Å². The average molecular weight is 378 g/mol. The highest BCUT2D eigenvalue weighted by molar-refractivity contribution is 7.88. The van der Waals surface area contributed by atoms with E-state index in [0.717, 1.165) is 44.8 Å². The van der Waals surface area contributed by atoms with Crippen LogP contribution in [0.4, 0.5) is 0 Å². The van der Waals surface area contributed by atoms with Crippen molar-refractivity contribution in [2.45, 2.75) is 18.9 Å². The van der Waals surface area contributed by atoms with E-state index in [4.69, 9.17) is 0 Å². The van der Waals surface area contributed by atoms with Crippen LogP contribution in [0.25, 0.3) is 0 Å². The maximum atomic E-state index is 11.8. The monoisotopic (exact) mass is 377 g/mol. The van der Waals surface area contributed by atoms with Gasteiger partial charge in [0.15, 0.2) is 0 Å². The van der Waals surface area contributed by atoms with Gasteiger partial charge < -0.3 is 9.88 Å². The number of piperazine rings is 1. The Labute approximate surface area is 150 Å². The molecule has 0 saturated carbocycles. The van der Waals surface area contributed by atoms with Crippen molar-refractivity contribution in [3.63, 3.8) is 0 Å². The molecule has 3 heterocycles. The zero-order valence-corrected chi connectivity index (χ0v) is 16.0. The average Bonchev–Trinajstić information content (AvgIpc) is 2.93. The highest BCUT2D eigenvalue weighted by Gasteiger charge is 2.32. The number of aromatic nitrogens is 2. The molecule has 24 heavy (non-hydrogen) atoms. The molecule has 1 N–H and O–H groups in total. The SMILES string of the molecule is Cl.Cn1ccnc1C1CNCCN1CC1CCCN(S(C)(=O)=O)C1. The number of rotatable bonds is 4. The van der Waals surface area contributed by atoms with E-state index < -0.39 is 10.0 Å². The Morgan fingerprint density at radius 2 is 2.17 bits per heavy atom. The molecule has 1 aromatic rings. The number of halogens is 1. The number of hydrogen-bond acceptors (Lipinski definition) is 5. The van der Waals surface area contributed by atoms with Crippen molar-refractivity contribution in [3.8, 4) is 0 Å². The van der Waals surface area contributed by atoms with Crippen LogP contribution in [0, 0.1) is 5.92 Å². The number of nitrogens with one attached hydrogen (secondary N) is 1. The molecule has 0 aromatic carbocycles. The van der Waals surface area contributed by atoms with Crippen LogP contribution in [0.5, 0.6) is 0 Å². The van der Waals surface area contributed by atoms with Crippen LogP contribution in [0.2, 0.25) is 0 Å². The summed E-state index contributed by atoms with van der Waals surface area (Å²) in [6.07, 6.45) is 7.19. The molecule has 0 radical (unpaired) electrons. The molecule has 0 bridgehead atoms. The Morgan fingerprint density at radius 3 is 2.83 bits per heavy atom. The summed E-state index contributed by atoms with van der Waals surface area (Å²) in [6, 6.07) is 0.261. The van der Waals surface area contributed by atoms with Crippen molar-refractivity contribution in [1.29, 1.82) is 0 Å². The quantitative estimate of drug-likeness (QED) is 0.825. The third-order valence-electron chi connectivity index (χ3n) is 4.95. The summed E-state index contributed by atoms with van der Waals surface area (Å²) < 4.78 is 27.3. The Hall–Kier alpha value is -0.670. The molecule has 2 unspecified atom stereocenters. The molecule has 9 heteroatoms. The minimum Gasteiger partial charge on any atom is -0.337 e. The first-order chi connectivity index (χ1) is 10.9. The van der Waals surface area contributed by atoms with E-state index in [2.05, 4.69) is 19.8 Å². The highest BCUT2D eigenvalue weighted by atomic mass is 35.5. The Kier molecular flexibility index (Phi) is 6.66. The van der Waals surface area contributed by atoms with Crippen molar-refractivity contribution in [3.05, 3.63) is 18.2 Å². The molecular formula is C15H28ClN5O2S. The maximum absolute atomic E-state index is 11.8. The van der Waals surface area contributed by atoms with Gasteiger partial charge in [0, 0.05) is 58.7 Å². The van der Waals surface area contributed by atoms with Gasteiger partial charge >= 0.3 is 0 Å². The lowest BCUT2D eigenvalue weighted by molar-refractivity contribution is 0.109. The predicted molar refractivity (Wildman–Crippen MR) is 96.8 cm³/mol. The van der Waals surface area contributed by atoms with E-state index >= 15 is 0 Å². The van der Waals surface area contributed by atoms with Crippen LogP contribution >= 0.6 is 12.4 Å². The molecule has 2 aliphatic heterocycles. The molecule has 0 aliphatic carbocycles. The molecule has 7 nitrogen and oxygen atoms in total. The predicted octanol–water partition coefficient (Wildman–Crippen LogP) is 0.460. The van der Waals surface area contributed by atoms with Crippen molar-refractivity contribution in [2.75, 3.05) is 45.5 Å². The van der Waals surface area contributed by atoms with Crippen LogP contribution in [0.15, 0.2) is 12.4 Å².